The normalized spacial score (nSPS) is 16.6. The van der Waals surface area contributed by atoms with E-state index in [1.54, 1.807) is 31.2 Å². The zero-order valence-corrected chi connectivity index (χ0v) is 34.1. The van der Waals surface area contributed by atoms with E-state index in [4.69, 9.17) is 34.3 Å². The quantitative estimate of drug-likeness (QED) is 0.111. The number of para-hydroxylation sites is 4. The van der Waals surface area contributed by atoms with Crippen molar-refractivity contribution in [3.8, 4) is 0 Å². The van der Waals surface area contributed by atoms with Crippen LogP contribution in [0.15, 0.2) is 89.4 Å². The fourth-order valence-corrected chi connectivity index (χ4v) is 7.27. The van der Waals surface area contributed by atoms with Gasteiger partial charge in [0.2, 0.25) is 0 Å². The number of nitrogens with zero attached hydrogens (tertiary/aromatic N) is 4. The third-order valence-electron chi connectivity index (χ3n) is 10.2. The Labute approximate surface area is 343 Å². The third kappa shape index (κ3) is 11.1. The number of piperidine rings is 2. The largest absolute Gasteiger partial charge is 0.473 e. The summed E-state index contributed by atoms with van der Waals surface area (Å²) in [6.45, 7) is 5.77. The van der Waals surface area contributed by atoms with E-state index in [2.05, 4.69) is 54.8 Å². The fourth-order valence-electron chi connectivity index (χ4n) is 6.89. The molecule has 0 spiro atoms. The van der Waals surface area contributed by atoms with Crippen LogP contribution in [0.4, 0.5) is 8.78 Å². The number of rotatable bonds is 8. The van der Waals surface area contributed by atoms with Gasteiger partial charge in [0.25, 0.3) is 0 Å². The summed E-state index contributed by atoms with van der Waals surface area (Å²) in [6.07, 6.45) is 3.09. The Balaban J connectivity index is 0.000000172. The molecule has 2 aliphatic rings. The van der Waals surface area contributed by atoms with Crippen molar-refractivity contribution in [3.63, 3.8) is 0 Å². The SMILES string of the molecule is CN1CCC(OC(c2nc3ccccc3[nH]2)c2cc(Br)ccc2F)CC1.Cc1ccc(C(OC2CCN(C)CC2)c2nc3ccccc3[nH]2)cc1F.O=C(O)C(=O)O. The standard InChI is InChI=1S/C21H24FN3O.C20H21BrFN3O.C2H2O4/c1-14-7-8-15(13-17(14)22)20(26-16-9-11-25(2)12-10-16)21-23-18-5-3-4-6-19(18)24-21;1-25-10-8-14(9-11-25)26-19(15-12-13(21)6-7-16(15)22)20-23-17-4-2-3-5-18(17)24-20;3-1(4)2(5)6/h3-8,13,16,20H,9-12H2,1-2H3,(H,23,24);2-7,12,14,19H,8-11H2,1H3,(H,23,24);(H,3,4)(H,5,6). The molecule has 2 atom stereocenters. The van der Waals surface area contributed by atoms with E-state index < -0.39 is 24.1 Å². The summed E-state index contributed by atoms with van der Waals surface area (Å²) >= 11 is 3.45. The van der Waals surface area contributed by atoms with Gasteiger partial charge in [-0.3, -0.25) is 0 Å². The number of carboxylic acids is 2. The van der Waals surface area contributed by atoms with Crippen LogP contribution in [-0.2, 0) is 19.1 Å². The number of aliphatic carboxylic acids is 2. The number of H-pyrrole nitrogens is 2. The highest BCUT2D eigenvalue weighted by Gasteiger charge is 2.29. The summed E-state index contributed by atoms with van der Waals surface area (Å²) in [5, 5.41) is 14.8. The minimum absolute atomic E-state index is 0.0859. The molecule has 306 valence electrons. The molecule has 0 radical (unpaired) electrons. The summed E-state index contributed by atoms with van der Waals surface area (Å²) in [5.41, 5.74) is 5.57. The second kappa shape index (κ2) is 19.6. The Bertz CT molecular complexity index is 2240. The molecule has 0 bridgehead atoms. The molecule has 0 aliphatic carbocycles. The monoisotopic (exact) mass is 860 g/mol. The van der Waals surface area contributed by atoms with E-state index >= 15 is 0 Å². The average Bonchev–Trinajstić information content (AvgIpc) is 3.85. The Morgan fingerprint density at radius 2 is 1.19 bits per heavy atom. The molecule has 2 aromatic heterocycles. The molecule has 2 fully saturated rings. The van der Waals surface area contributed by atoms with Crippen molar-refractivity contribution in [2.24, 2.45) is 0 Å². The van der Waals surface area contributed by atoms with Crippen LogP contribution in [0, 0.1) is 18.6 Å². The van der Waals surface area contributed by atoms with Gasteiger partial charge in [-0.25, -0.2) is 28.3 Å². The fraction of sp³-hybridized carbons (Fsp3) is 0.349. The first kappa shape index (κ1) is 42.5. The molecular formula is C43H47BrF2N6O6. The van der Waals surface area contributed by atoms with E-state index in [1.807, 2.05) is 54.6 Å². The van der Waals surface area contributed by atoms with E-state index in [0.717, 1.165) is 89.8 Å². The minimum atomic E-state index is -1.82. The number of carboxylic acid groups (broad SMARTS) is 2. The number of fused-ring (bicyclic) bond motifs is 2. The van der Waals surface area contributed by atoms with Gasteiger partial charge in [0, 0.05) is 36.2 Å². The molecule has 8 rings (SSSR count). The number of likely N-dealkylation sites (tertiary alicyclic amines) is 2. The van der Waals surface area contributed by atoms with Crippen LogP contribution < -0.4 is 0 Å². The van der Waals surface area contributed by atoms with Crippen molar-refractivity contribution >= 4 is 49.9 Å². The zero-order valence-electron chi connectivity index (χ0n) is 32.5. The van der Waals surface area contributed by atoms with Crippen LogP contribution in [-0.4, -0.2) is 104 Å². The lowest BCUT2D eigenvalue weighted by atomic mass is 10.0. The molecule has 2 aliphatic heterocycles. The molecule has 2 saturated heterocycles. The van der Waals surface area contributed by atoms with E-state index in [1.165, 1.54) is 6.07 Å². The van der Waals surface area contributed by atoms with Gasteiger partial charge in [-0.15, -0.1) is 0 Å². The van der Waals surface area contributed by atoms with Gasteiger partial charge < -0.3 is 39.5 Å². The first-order valence-electron chi connectivity index (χ1n) is 19.1. The van der Waals surface area contributed by atoms with E-state index in [0.29, 0.717) is 17.0 Å². The molecule has 4 aromatic carbocycles. The summed E-state index contributed by atoms with van der Waals surface area (Å²) < 4.78 is 42.5. The first-order chi connectivity index (χ1) is 27.8. The number of aromatic nitrogens is 4. The molecule has 6 aromatic rings. The number of carbonyl (C=O) groups is 2. The molecule has 2 unspecified atom stereocenters. The first-order valence-corrected chi connectivity index (χ1v) is 19.9. The van der Waals surface area contributed by atoms with E-state index in [9.17, 15) is 8.78 Å². The Morgan fingerprint density at radius 1 is 0.707 bits per heavy atom. The zero-order chi connectivity index (χ0) is 41.3. The van der Waals surface area contributed by atoms with E-state index in [-0.39, 0.29) is 23.8 Å². The average molecular weight is 862 g/mol. The van der Waals surface area contributed by atoms with Gasteiger partial charge in [-0.1, -0.05) is 52.3 Å². The lowest BCUT2D eigenvalue weighted by molar-refractivity contribution is -0.159. The van der Waals surface area contributed by atoms with Crippen LogP contribution >= 0.6 is 15.9 Å². The number of hydrogen-bond donors (Lipinski definition) is 4. The molecule has 12 nitrogen and oxygen atoms in total. The number of halogens is 3. The van der Waals surface area contributed by atoms with Crippen molar-refractivity contribution in [2.45, 2.75) is 57.0 Å². The Morgan fingerprint density at radius 3 is 1.67 bits per heavy atom. The number of hydrogen-bond acceptors (Lipinski definition) is 8. The smallest absolute Gasteiger partial charge is 0.414 e. The lowest BCUT2D eigenvalue weighted by Crippen LogP contribution is -2.35. The highest BCUT2D eigenvalue weighted by Crippen LogP contribution is 2.34. The topological polar surface area (TPSA) is 157 Å². The summed E-state index contributed by atoms with van der Waals surface area (Å²) in [4.78, 5) is 38.8. The molecule has 4 heterocycles. The second-order valence-corrected chi connectivity index (χ2v) is 15.5. The maximum Gasteiger partial charge on any atom is 0.414 e. The van der Waals surface area contributed by atoms with Crippen LogP contribution in [0.3, 0.4) is 0 Å². The number of benzene rings is 4. The van der Waals surface area contributed by atoms with Crippen molar-refractivity contribution in [1.82, 2.24) is 29.7 Å². The van der Waals surface area contributed by atoms with Gasteiger partial charge in [0.05, 0.1) is 34.3 Å². The number of aromatic amines is 2. The van der Waals surface area contributed by atoms with Crippen molar-refractivity contribution in [1.29, 1.82) is 0 Å². The Kier molecular flexibility index (Phi) is 14.4. The van der Waals surface area contributed by atoms with Crippen LogP contribution in [0.1, 0.15) is 66.2 Å². The van der Waals surface area contributed by atoms with Crippen LogP contribution in [0.25, 0.3) is 22.1 Å². The maximum atomic E-state index is 14.6. The molecule has 4 N–H and O–H groups in total. The Hall–Kier alpha value is -5.06. The molecule has 58 heavy (non-hydrogen) atoms. The second-order valence-electron chi connectivity index (χ2n) is 14.6. The van der Waals surface area contributed by atoms with Crippen molar-refractivity contribution in [2.75, 3.05) is 40.3 Å². The number of imidazole rings is 2. The molecule has 0 saturated carbocycles. The van der Waals surface area contributed by atoms with Crippen molar-refractivity contribution < 1.29 is 38.1 Å². The number of aryl methyl sites for hydroxylation is 1. The molecule has 15 heteroatoms. The highest BCUT2D eigenvalue weighted by atomic mass is 79.9. The van der Waals surface area contributed by atoms with Gasteiger partial charge in [0.1, 0.15) is 35.5 Å². The summed E-state index contributed by atoms with van der Waals surface area (Å²) in [6, 6.07) is 26.0. The van der Waals surface area contributed by atoms with Crippen LogP contribution in [0.2, 0.25) is 0 Å². The highest BCUT2D eigenvalue weighted by molar-refractivity contribution is 9.10. The van der Waals surface area contributed by atoms with Crippen LogP contribution in [0.5, 0.6) is 0 Å². The summed E-state index contributed by atoms with van der Waals surface area (Å²) in [7, 11) is 4.24. The van der Waals surface area contributed by atoms with Gasteiger partial charge in [0.15, 0.2) is 0 Å². The number of ether oxygens (including phenoxy) is 2. The third-order valence-corrected chi connectivity index (χ3v) is 10.7. The van der Waals surface area contributed by atoms with Crippen molar-refractivity contribution in [3.05, 3.63) is 129 Å². The van der Waals surface area contributed by atoms with Gasteiger partial charge in [-0.2, -0.15) is 0 Å². The predicted molar refractivity (Wildman–Crippen MR) is 220 cm³/mol. The number of nitrogens with one attached hydrogen (secondary N) is 2. The minimum Gasteiger partial charge on any atom is -0.473 e. The molecule has 0 amide bonds. The molecular weight excluding hydrogens is 814 g/mol. The summed E-state index contributed by atoms with van der Waals surface area (Å²) in [5.74, 6) is -2.78. The predicted octanol–water partition coefficient (Wildman–Crippen LogP) is 8.03. The lowest BCUT2D eigenvalue weighted by Gasteiger charge is -2.31. The van der Waals surface area contributed by atoms with Gasteiger partial charge >= 0.3 is 11.9 Å². The maximum absolute atomic E-state index is 14.6. The van der Waals surface area contributed by atoms with Gasteiger partial charge in [-0.05, 0) is 106 Å².